The standard InChI is InChI=1S/C34H31Cl2N3O5S/c1-4-30(34(42)38-27-19-23(35)16-17-26(27)36)45-25-14-9-13-24(20-25)37-33(41)28(39-32(40)21-10-6-5-7-11-21)18-22-12-8-15-29(43-2)31(22)44-3/h5-20,30H,4H2,1-3H3,(H,37,41)(H,38,42)(H,39,40)/b28-18+. The lowest BCUT2D eigenvalue weighted by molar-refractivity contribution is -0.116. The molecule has 11 heteroatoms. The fourth-order valence-electron chi connectivity index (χ4n) is 4.26. The number of para-hydroxylation sites is 1. The predicted molar refractivity (Wildman–Crippen MR) is 182 cm³/mol. The quantitative estimate of drug-likeness (QED) is 0.105. The van der Waals surface area contributed by atoms with E-state index in [1.807, 2.05) is 13.0 Å². The van der Waals surface area contributed by atoms with Crippen LogP contribution in [0.15, 0.2) is 102 Å². The van der Waals surface area contributed by atoms with Crippen molar-refractivity contribution < 1.29 is 23.9 Å². The predicted octanol–water partition coefficient (Wildman–Crippen LogP) is 7.93. The Kier molecular flexibility index (Phi) is 11.9. The number of amides is 3. The summed E-state index contributed by atoms with van der Waals surface area (Å²) in [6.07, 6.45) is 2.06. The summed E-state index contributed by atoms with van der Waals surface area (Å²) in [5, 5.41) is 8.82. The van der Waals surface area contributed by atoms with Gasteiger partial charge in [-0.05, 0) is 67.1 Å². The number of anilines is 2. The molecule has 0 saturated heterocycles. The molecule has 0 heterocycles. The van der Waals surface area contributed by atoms with E-state index in [9.17, 15) is 14.4 Å². The highest BCUT2D eigenvalue weighted by atomic mass is 35.5. The fourth-order valence-corrected chi connectivity index (χ4v) is 5.61. The van der Waals surface area contributed by atoms with Gasteiger partial charge in [-0.15, -0.1) is 11.8 Å². The topological polar surface area (TPSA) is 106 Å². The minimum atomic E-state index is -0.563. The number of nitrogens with one attached hydrogen (secondary N) is 3. The highest BCUT2D eigenvalue weighted by molar-refractivity contribution is 8.00. The Balaban J connectivity index is 1.56. The first-order valence-corrected chi connectivity index (χ1v) is 15.5. The Morgan fingerprint density at radius 1 is 0.867 bits per heavy atom. The Hall–Kier alpha value is -4.44. The van der Waals surface area contributed by atoms with Crippen molar-refractivity contribution in [2.45, 2.75) is 23.5 Å². The smallest absolute Gasteiger partial charge is 0.272 e. The average molecular weight is 665 g/mol. The van der Waals surface area contributed by atoms with Crippen LogP contribution in [0.1, 0.15) is 29.3 Å². The van der Waals surface area contributed by atoms with Crippen molar-refractivity contribution in [3.63, 3.8) is 0 Å². The molecule has 45 heavy (non-hydrogen) atoms. The zero-order valence-electron chi connectivity index (χ0n) is 24.7. The van der Waals surface area contributed by atoms with Crippen LogP contribution < -0.4 is 25.4 Å². The molecule has 3 amide bonds. The Morgan fingerprint density at radius 3 is 2.33 bits per heavy atom. The van der Waals surface area contributed by atoms with Gasteiger partial charge in [0.2, 0.25) is 5.91 Å². The van der Waals surface area contributed by atoms with E-state index in [-0.39, 0.29) is 11.6 Å². The Labute approximate surface area is 276 Å². The van der Waals surface area contributed by atoms with Crippen molar-refractivity contribution in [3.05, 3.63) is 118 Å². The molecule has 4 aromatic rings. The number of rotatable bonds is 12. The summed E-state index contributed by atoms with van der Waals surface area (Å²) < 4.78 is 10.9. The van der Waals surface area contributed by atoms with Gasteiger partial charge in [0.25, 0.3) is 11.8 Å². The van der Waals surface area contributed by atoms with E-state index in [4.69, 9.17) is 32.7 Å². The highest BCUT2D eigenvalue weighted by Gasteiger charge is 2.21. The molecule has 0 aliphatic carbocycles. The molecule has 1 atom stereocenters. The maximum Gasteiger partial charge on any atom is 0.272 e. The first kappa shape index (κ1) is 33.5. The van der Waals surface area contributed by atoms with Crippen molar-refractivity contribution in [3.8, 4) is 11.5 Å². The van der Waals surface area contributed by atoms with E-state index in [2.05, 4.69) is 16.0 Å². The third-order valence-electron chi connectivity index (χ3n) is 6.48. The molecule has 0 saturated carbocycles. The zero-order valence-corrected chi connectivity index (χ0v) is 27.1. The highest BCUT2D eigenvalue weighted by Crippen LogP contribution is 2.33. The van der Waals surface area contributed by atoms with Gasteiger partial charge >= 0.3 is 0 Å². The van der Waals surface area contributed by atoms with Crippen LogP contribution in [0, 0.1) is 0 Å². The van der Waals surface area contributed by atoms with E-state index in [1.54, 1.807) is 84.9 Å². The number of benzene rings is 4. The van der Waals surface area contributed by atoms with Gasteiger partial charge in [-0.1, -0.05) is 66.5 Å². The maximum absolute atomic E-state index is 13.6. The van der Waals surface area contributed by atoms with Gasteiger partial charge < -0.3 is 25.4 Å². The summed E-state index contributed by atoms with van der Waals surface area (Å²) in [7, 11) is 3.01. The van der Waals surface area contributed by atoms with Gasteiger partial charge in [0.1, 0.15) is 5.70 Å². The molecule has 0 aliphatic rings. The number of methoxy groups -OCH3 is 2. The number of carbonyl (C=O) groups excluding carboxylic acids is 3. The van der Waals surface area contributed by atoms with Crippen molar-refractivity contribution >= 4 is 70.1 Å². The number of carbonyl (C=O) groups is 3. The molecule has 3 N–H and O–H groups in total. The van der Waals surface area contributed by atoms with Crippen LogP contribution in [-0.2, 0) is 9.59 Å². The monoisotopic (exact) mass is 663 g/mol. The van der Waals surface area contributed by atoms with E-state index in [0.29, 0.717) is 50.5 Å². The second-order valence-corrected chi connectivity index (χ2v) is 11.7. The molecule has 4 aromatic carbocycles. The van der Waals surface area contributed by atoms with E-state index in [0.717, 1.165) is 4.90 Å². The largest absolute Gasteiger partial charge is 0.493 e. The van der Waals surface area contributed by atoms with Crippen molar-refractivity contribution in [2.24, 2.45) is 0 Å². The minimum absolute atomic E-state index is 0.0160. The van der Waals surface area contributed by atoms with Crippen molar-refractivity contribution in [1.29, 1.82) is 0 Å². The SMILES string of the molecule is CCC(Sc1cccc(NC(=O)/C(=C\c2cccc(OC)c2OC)NC(=O)c2ccccc2)c1)C(=O)Nc1cc(Cl)ccc1Cl. The Morgan fingerprint density at radius 2 is 1.62 bits per heavy atom. The maximum atomic E-state index is 13.6. The second kappa shape index (κ2) is 16.0. The van der Waals surface area contributed by atoms with Gasteiger partial charge in [0, 0.05) is 26.7 Å². The third kappa shape index (κ3) is 9.04. The normalized spacial score (nSPS) is 11.7. The van der Waals surface area contributed by atoms with E-state index >= 15 is 0 Å². The van der Waals surface area contributed by atoms with Gasteiger partial charge in [-0.2, -0.15) is 0 Å². The molecule has 8 nitrogen and oxygen atoms in total. The summed E-state index contributed by atoms with van der Waals surface area (Å²) in [4.78, 5) is 40.6. The minimum Gasteiger partial charge on any atom is -0.493 e. The molecule has 0 aliphatic heterocycles. The first-order chi connectivity index (χ1) is 21.7. The summed E-state index contributed by atoms with van der Waals surface area (Å²) in [5.41, 5.74) is 1.79. The van der Waals surface area contributed by atoms with Crippen LogP contribution in [0.3, 0.4) is 0 Å². The van der Waals surface area contributed by atoms with Crippen molar-refractivity contribution in [1.82, 2.24) is 5.32 Å². The number of halogens is 2. The second-order valence-electron chi connectivity index (χ2n) is 9.57. The van der Waals surface area contributed by atoms with Gasteiger partial charge in [-0.3, -0.25) is 14.4 Å². The fraction of sp³-hybridized carbons (Fsp3) is 0.147. The van der Waals surface area contributed by atoms with E-state index < -0.39 is 17.1 Å². The van der Waals surface area contributed by atoms with Gasteiger partial charge in [0.05, 0.1) is 30.2 Å². The van der Waals surface area contributed by atoms with Gasteiger partial charge in [-0.25, -0.2) is 0 Å². The number of thioether (sulfide) groups is 1. The Bertz CT molecular complexity index is 1720. The van der Waals surface area contributed by atoms with Crippen LogP contribution in [0.25, 0.3) is 6.08 Å². The third-order valence-corrected chi connectivity index (χ3v) is 8.40. The molecule has 4 rings (SSSR count). The molecule has 0 spiro atoms. The van der Waals surface area contributed by atoms with Crippen LogP contribution in [-0.4, -0.2) is 37.2 Å². The molecule has 0 aromatic heterocycles. The molecular weight excluding hydrogens is 633 g/mol. The first-order valence-electron chi connectivity index (χ1n) is 13.9. The summed E-state index contributed by atoms with van der Waals surface area (Å²) in [6, 6.07) is 25.8. The van der Waals surface area contributed by atoms with Crippen LogP contribution in [0.4, 0.5) is 11.4 Å². The number of hydrogen-bond donors (Lipinski definition) is 3. The molecule has 0 fully saturated rings. The van der Waals surface area contributed by atoms with E-state index in [1.165, 1.54) is 32.1 Å². The summed E-state index contributed by atoms with van der Waals surface area (Å²) in [5.74, 6) is -0.383. The summed E-state index contributed by atoms with van der Waals surface area (Å²) in [6.45, 7) is 1.90. The van der Waals surface area contributed by atoms with Crippen molar-refractivity contribution in [2.75, 3.05) is 24.9 Å². The molecule has 232 valence electrons. The number of ether oxygens (including phenoxy) is 2. The lowest BCUT2D eigenvalue weighted by Crippen LogP contribution is -2.30. The molecule has 1 unspecified atom stereocenters. The van der Waals surface area contributed by atoms with Crippen LogP contribution in [0.2, 0.25) is 10.0 Å². The molecule has 0 radical (unpaired) electrons. The van der Waals surface area contributed by atoms with Crippen LogP contribution in [0.5, 0.6) is 11.5 Å². The molecule has 0 bridgehead atoms. The lowest BCUT2D eigenvalue weighted by Gasteiger charge is -2.17. The average Bonchev–Trinajstić information content (AvgIpc) is 3.05. The summed E-state index contributed by atoms with van der Waals surface area (Å²) >= 11 is 13.6. The lowest BCUT2D eigenvalue weighted by atomic mass is 10.1. The zero-order chi connectivity index (χ0) is 32.3. The van der Waals surface area contributed by atoms with Gasteiger partial charge in [0.15, 0.2) is 11.5 Å². The molecular formula is C34H31Cl2N3O5S. The van der Waals surface area contributed by atoms with Crippen LogP contribution >= 0.6 is 35.0 Å². The number of hydrogen-bond acceptors (Lipinski definition) is 6.